The minimum atomic E-state index is -0.0103. The number of hydrogen-bond acceptors (Lipinski definition) is 5. The fourth-order valence-corrected chi connectivity index (χ4v) is 4.95. The molecule has 4 aromatic rings. The van der Waals surface area contributed by atoms with Gasteiger partial charge in [-0.1, -0.05) is 18.2 Å². The van der Waals surface area contributed by atoms with Crippen LogP contribution in [0.4, 0.5) is 0 Å². The molecule has 0 unspecified atom stereocenters. The summed E-state index contributed by atoms with van der Waals surface area (Å²) in [7, 11) is 0. The molecule has 1 fully saturated rings. The Morgan fingerprint density at radius 2 is 2.04 bits per heavy atom. The molecule has 0 aliphatic carbocycles. The monoisotopic (exact) mass is 391 g/mol. The molecule has 28 heavy (non-hydrogen) atoms. The lowest BCUT2D eigenvalue weighted by molar-refractivity contribution is 0.240. The lowest BCUT2D eigenvalue weighted by Crippen LogP contribution is -2.31. The molecule has 3 aromatic heterocycles. The number of benzene rings is 1. The van der Waals surface area contributed by atoms with Crippen LogP contribution in [0.3, 0.4) is 0 Å². The van der Waals surface area contributed by atoms with Crippen LogP contribution in [0, 0.1) is 0 Å². The van der Waals surface area contributed by atoms with Gasteiger partial charge in [-0.2, -0.15) is 0 Å². The van der Waals surface area contributed by atoms with Crippen molar-refractivity contribution in [2.75, 3.05) is 6.54 Å². The Morgan fingerprint density at radius 1 is 1.11 bits per heavy atom. The third-order valence-corrected chi connectivity index (χ3v) is 6.39. The summed E-state index contributed by atoms with van der Waals surface area (Å²) in [6.45, 7) is 2.08. The van der Waals surface area contributed by atoms with Crippen molar-refractivity contribution < 1.29 is 4.42 Å². The summed E-state index contributed by atoms with van der Waals surface area (Å²) in [5.41, 5.74) is 0.744. The number of rotatable bonds is 5. The molecule has 0 spiro atoms. The summed E-state index contributed by atoms with van der Waals surface area (Å²) in [6, 6.07) is 16.0. The number of nitrogens with zero attached hydrogens (tertiary/aromatic N) is 3. The van der Waals surface area contributed by atoms with Gasteiger partial charge in [-0.15, -0.1) is 11.3 Å². The minimum absolute atomic E-state index is 0.0103. The first kappa shape index (κ1) is 17.4. The van der Waals surface area contributed by atoms with Gasteiger partial charge in [-0.25, -0.2) is 4.98 Å². The number of likely N-dealkylation sites (tertiary alicyclic amines) is 1. The van der Waals surface area contributed by atoms with Crippen molar-refractivity contribution in [3.63, 3.8) is 0 Å². The van der Waals surface area contributed by atoms with E-state index in [1.807, 2.05) is 36.4 Å². The van der Waals surface area contributed by atoms with Crippen LogP contribution in [0.25, 0.3) is 10.9 Å². The van der Waals surface area contributed by atoms with Crippen molar-refractivity contribution >= 4 is 22.2 Å². The average Bonchev–Trinajstić information content (AvgIpc) is 3.47. The van der Waals surface area contributed by atoms with Gasteiger partial charge >= 0.3 is 0 Å². The van der Waals surface area contributed by atoms with Crippen LogP contribution in [-0.2, 0) is 13.1 Å². The van der Waals surface area contributed by atoms with Crippen LogP contribution in [0.15, 0.2) is 69.4 Å². The molecular weight excluding hydrogens is 370 g/mol. The van der Waals surface area contributed by atoms with Crippen molar-refractivity contribution in [2.45, 2.75) is 32.0 Å². The second kappa shape index (κ2) is 7.37. The number of para-hydroxylation sites is 1. The highest BCUT2D eigenvalue weighted by Crippen LogP contribution is 2.35. The second-order valence-electron chi connectivity index (χ2n) is 7.16. The normalized spacial score (nSPS) is 17.5. The Bertz CT molecular complexity index is 1130. The summed E-state index contributed by atoms with van der Waals surface area (Å²) in [5, 5.41) is 2.78. The van der Waals surface area contributed by atoms with Crippen molar-refractivity contribution in [3.8, 4) is 0 Å². The molecule has 0 amide bonds. The first-order valence-electron chi connectivity index (χ1n) is 9.58. The third-order valence-electron chi connectivity index (χ3n) is 5.41. The zero-order valence-corrected chi connectivity index (χ0v) is 16.3. The van der Waals surface area contributed by atoms with Gasteiger partial charge in [-0.3, -0.25) is 14.3 Å². The highest BCUT2D eigenvalue weighted by Gasteiger charge is 2.28. The number of fused-ring (bicyclic) bond motifs is 1. The van der Waals surface area contributed by atoms with E-state index in [4.69, 9.17) is 9.40 Å². The molecular formula is C22H21N3O2S. The number of furan rings is 1. The van der Waals surface area contributed by atoms with Crippen LogP contribution in [0.5, 0.6) is 0 Å². The summed E-state index contributed by atoms with van der Waals surface area (Å²) in [4.78, 5) is 21.9. The maximum Gasteiger partial charge on any atom is 0.261 e. The van der Waals surface area contributed by atoms with E-state index in [0.717, 1.165) is 30.1 Å². The lowest BCUT2D eigenvalue weighted by Gasteiger charge is -2.24. The molecule has 1 atom stereocenters. The van der Waals surface area contributed by atoms with Gasteiger partial charge in [0.05, 0.1) is 30.3 Å². The molecule has 142 valence electrons. The highest BCUT2D eigenvalue weighted by atomic mass is 32.1. The molecule has 0 N–H and O–H groups in total. The van der Waals surface area contributed by atoms with E-state index >= 15 is 0 Å². The average molecular weight is 391 g/mol. The van der Waals surface area contributed by atoms with Gasteiger partial charge < -0.3 is 4.42 Å². The Labute approximate surface area is 166 Å². The fourth-order valence-electron chi connectivity index (χ4n) is 4.06. The minimum Gasteiger partial charge on any atom is -0.467 e. The van der Waals surface area contributed by atoms with Crippen molar-refractivity contribution in [1.29, 1.82) is 0 Å². The highest BCUT2D eigenvalue weighted by molar-refractivity contribution is 7.10. The quantitative estimate of drug-likeness (QED) is 0.505. The maximum atomic E-state index is 13.2. The molecule has 0 bridgehead atoms. The van der Waals surface area contributed by atoms with E-state index in [-0.39, 0.29) is 5.56 Å². The molecule has 5 nitrogen and oxygen atoms in total. The SMILES string of the molecule is O=c1c2ccccc2nc(CN2CCC[C@@H]2c2cccs2)n1Cc1ccco1. The third kappa shape index (κ3) is 3.19. The molecule has 1 aliphatic heterocycles. The Morgan fingerprint density at radius 3 is 2.86 bits per heavy atom. The van der Waals surface area contributed by atoms with E-state index in [2.05, 4.69) is 22.4 Å². The van der Waals surface area contributed by atoms with Crippen LogP contribution >= 0.6 is 11.3 Å². The molecule has 1 aliphatic rings. The van der Waals surface area contributed by atoms with Gasteiger partial charge in [-0.05, 0) is 55.1 Å². The zero-order chi connectivity index (χ0) is 18.9. The number of thiophene rings is 1. The first-order chi connectivity index (χ1) is 13.8. The topological polar surface area (TPSA) is 51.3 Å². The predicted molar refractivity (Wildman–Crippen MR) is 111 cm³/mol. The predicted octanol–water partition coefficient (Wildman–Crippen LogP) is 4.44. The van der Waals surface area contributed by atoms with Crippen molar-refractivity contribution in [3.05, 3.63) is 87.0 Å². The summed E-state index contributed by atoms with van der Waals surface area (Å²) < 4.78 is 7.28. The van der Waals surface area contributed by atoms with Crippen LogP contribution < -0.4 is 5.56 Å². The molecule has 0 radical (unpaired) electrons. The molecule has 1 aromatic carbocycles. The second-order valence-corrected chi connectivity index (χ2v) is 8.14. The van der Waals surface area contributed by atoms with E-state index in [0.29, 0.717) is 24.5 Å². The van der Waals surface area contributed by atoms with Crippen LogP contribution in [-0.4, -0.2) is 21.0 Å². The largest absolute Gasteiger partial charge is 0.467 e. The fraction of sp³-hybridized carbons (Fsp3) is 0.273. The Hall–Kier alpha value is -2.70. The number of aromatic nitrogens is 2. The van der Waals surface area contributed by atoms with Crippen LogP contribution in [0.2, 0.25) is 0 Å². The smallest absolute Gasteiger partial charge is 0.261 e. The van der Waals surface area contributed by atoms with E-state index in [9.17, 15) is 4.79 Å². The molecule has 0 saturated carbocycles. The van der Waals surface area contributed by atoms with Gasteiger partial charge in [0.1, 0.15) is 11.6 Å². The molecule has 5 rings (SSSR count). The standard InChI is InChI=1S/C22H21N3O2S/c26-22-17-7-1-2-8-18(17)23-21(25(22)14-16-6-4-12-27-16)15-24-11-3-9-19(24)20-10-5-13-28-20/h1-2,4-8,10,12-13,19H,3,9,11,14-15H2/t19-/m1/s1. The van der Waals surface area contributed by atoms with Crippen LogP contribution in [0.1, 0.15) is 35.3 Å². The Kier molecular flexibility index (Phi) is 4.58. The summed E-state index contributed by atoms with van der Waals surface area (Å²) in [5.74, 6) is 1.56. The number of hydrogen-bond donors (Lipinski definition) is 0. The van der Waals surface area contributed by atoms with Gasteiger partial charge in [0.2, 0.25) is 0 Å². The molecule has 4 heterocycles. The lowest BCUT2D eigenvalue weighted by atomic mass is 10.2. The summed E-state index contributed by atoms with van der Waals surface area (Å²) in [6.07, 6.45) is 3.96. The van der Waals surface area contributed by atoms with Gasteiger partial charge in [0.15, 0.2) is 0 Å². The first-order valence-corrected chi connectivity index (χ1v) is 10.5. The summed E-state index contributed by atoms with van der Waals surface area (Å²) >= 11 is 1.80. The van der Waals surface area contributed by atoms with Gasteiger partial charge in [0, 0.05) is 10.9 Å². The zero-order valence-electron chi connectivity index (χ0n) is 15.5. The molecule has 1 saturated heterocycles. The molecule has 6 heteroatoms. The maximum absolute atomic E-state index is 13.2. The van der Waals surface area contributed by atoms with E-state index in [1.165, 1.54) is 11.3 Å². The van der Waals surface area contributed by atoms with Gasteiger partial charge in [0.25, 0.3) is 5.56 Å². The Balaban J connectivity index is 1.56. The van der Waals surface area contributed by atoms with Crippen molar-refractivity contribution in [1.82, 2.24) is 14.5 Å². The van der Waals surface area contributed by atoms with E-state index in [1.54, 1.807) is 22.2 Å². The van der Waals surface area contributed by atoms with Crippen molar-refractivity contribution in [2.24, 2.45) is 0 Å². The van der Waals surface area contributed by atoms with E-state index < -0.39 is 0 Å².